The zero-order chi connectivity index (χ0) is 21.8. The number of fused-ring (bicyclic) bond motifs is 2. The average molecular weight is 441 g/mol. The summed E-state index contributed by atoms with van der Waals surface area (Å²) < 4.78 is 29.6. The number of anilines is 1. The molecular weight excluding hydrogens is 416 g/mol. The van der Waals surface area contributed by atoms with Gasteiger partial charge in [-0.2, -0.15) is 9.82 Å². The van der Waals surface area contributed by atoms with Crippen molar-refractivity contribution < 1.29 is 13.2 Å². The molecule has 0 radical (unpaired) electrons. The monoisotopic (exact) mass is 440 g/mol. The van der Waals surface area contributed by atoms with Gasteiger partial charge in [0.05, 0.1) is 11.9 Å². The molecule has 1 aromatic carbocycles. The van der Waals surface area contributed by atoms with Crippen molar-refractivity contribution in [2.75, 3.05) is 18.4 Å². The molecule has 0 saturated carbocycles. The van der Waals surface area contributed by atoms with Gasteiger partial charge in [-0.3, -0.25) is 4.79 Å². The minimum atomic E-state index is -3.55. The first-order chi connectivity index (χ1) is 14.8. The molecule has 2 aliphatic rings. The van der Waals surface area contributed by atoms with Gasteiger partial charge in [0.2, 0.25) is 10.0 Å². The fourth-order valence-electron chi connectivity index (χ4n) is 4.45. The third kappa shape index (κ3) is 3.55. The van der Waals surface area contributed by atoms with Crippen LogP contribution in [0.25, 0.3) is 5.65 Å². The number of aryl methyl sites for hydroxylation is 2. The highest BCUT2D eigenvalue weighted by atomic mass is 32.2. The van der Waals surface area contributed by atoms with E-state index in [2.05, 4.69) is 20.1 Å². The topological polar surface area (TPSA) is 109 Å². The minimum absolute atomic E-state index is 0.0832. The number of aromatic nitrogens is 3. The Hall–Kier alpha value is -2.98. The molecule has 0 spiro atoms. The van der Waals surface area contributed by atoms with Crippen molar-refractivity contribution in [2.24, 2.45) is 5.92 Å². The number of piperidine rings is 1. The van der Waals surface area contributed by atoms with E-state index in [9.17, 15) is 13.2 Å². The second-order valence-electron chi connectivity index (χ2n) is 8.21. The fourth-order valence-corrected chi connectivity index (χ4v) is 5.84. The molecule has 0 bridgehead atoms. The van der Waals surface area contributed by atoms with Crippen molar-refractivity contribution in [3.05, 3.63) is 53.5 Å². The van der Waals surface area contributed by atoms with E-state index in [0.717, 1.165) is 11.4 Å². The van der Waals surface area contributed by atoms with Crippen LogP contribution in [0, 0.1) is 19.8 Å². The Morgan fingerprint density at radius 2 is 1.87 bits per heavy atom. The molecule has 2 N–H and O–H groups in total. The molecule has 1 unspecified atom stereocenters. The quantitative estimate of drug-likeness (QED) is 0.630. The van der Waals surface area contributed by atoms with Crippen LogP contribution in [0.2, 0.25) is 0 Å². The van der Waals surface area contributed by atoms with Crippen LogP contribution in [0.15, 0.2) is 41.3 Å². The van der Waals surface area contributed by atoms with Crippen molar-refractivity contribution in [3.8, 4) is 0 Å². The number of hydrogen-bond donors (Lipinski definition) is 2. The van der Waals surface area contributed by atoms with Crippen molar-refractivity contribution in [3.63, 3.8) is 0 Å². The molecule has 1 atom stereocenters. The second kappa shape index (κ2) is 7.31. The van der Waals surface area contributed by atoms with Gasteiger partial charge in [0, 0.05) is 30.5 Å². The number of hydrogen-bond acceptors (Lipinski definition) is 6. The molecule has 1 amide bonds. The molecule has 1 saturated heterocycles. The lowest BCUT2D eigenvalue weighted by molar-refractivity contribution is 0.0673. The van der Waals surface area contributed by atoms with Gasteiger partial charge in [-0.1, -0.05) is 12.1 Å². The molecule has 4 heterocycles. The first-order valence-electron chi connectivity index (χ1n) is 10.3. The van der Waals surface area contributed by atoms with Gasteiger partial charge in [0.1, 0.15) is 4.90 Å². The highest BCUT2D eigenvalue weighted by Crippen LogP contribution is 2.31. The summed E-state index contributed by atoms with van der Waals surface area (Å²) in [5.41, 5.74) is 3.47. The molecule has 2 aromatic heterocycles. The highest BCUT2D eigenvalue weighted by Gasteiger charge is 2.36. The van der Waals surface area contributed by atoms with E-state index in [4.69, 9.17) is 0 Å². The number of rotatable bonds is 2. The zero-order valence-electron chi connectivity index (χ0n) is 17.4. The van der Waals surface area contributed by atoms with Crippen molar-refractivity contribution in [2.45, 2.75) is 37.8 Å². The number of benzene rings is 1. The maximum absolute atomic E-state index is 13.0. The van der Waals surface area contributed by atoms with Crippen molar-refractivity contribution in [1.82, 2.24) is 24.2 Å². The van der Waals surface area contributed by atoms with Crippen LogP contribution in [-0.4, -0.2) is 53.1 Å². The third-order valence-corrected chi connectivity index (χ3v) is 7.52. The fraction of sp³-hybridized carbons (Fsp3) is 0.381. The first-order valence-corrected chi connectivity index (χ1v) is 11.8. The number of nitrogens with zero attached hydrogens (tertiary/aromatic N) is 4. The Balaban J connectivity index is 1.29. The highest BCUT2D eigenvalue weighted by molar-refractivity contribution is 7.89. The van der Waals surface area contributed by atoms with Gasteiger partial charge in [0.25, 0.3) is 5.91 Å². The van der Waals surface area contributed by atoms with E-state index in [1.165, 1.54) is 0 Å². The van der Waals surface area contributed by atoms with E-state index < -0.39 is 10.0 Å². The number of nitrogens with one attached hydrogen (secondary N) is 2. The summed E-state index contributed by atoms with van der Waals surface area (Å²) in [6.45, 7) is 4.94. The van der Waals surface area contributed by atoms with Crippen LogP contribution in [0.3, 0.4) is 0 Å². The van der Waals surface area contributed by atoms with Crippen molar-refractivity contribution >= 4 is 27.3 Å². The standard InChI is InChI=1S/C21H24N6O3S/c1-13-11-14(2)27-19(22-13)12-17(24-27)21(28)26-9-7-15(8-10-26)20-23-16-5-3-4-6-18(16)31(29,30)25-20/h3-6,11-12,15,20,23,25H,7-10H2,1-2H3. The predicted octanol–water partition coefficient (Wildman–Crippen LogP) is 1.93. The number of likely N-dealkylation sites (tertiary alicyclic amines) is 1. The van der Waals surface area contributed by atoms with E-state index in [1.54, 1.807) is 33.7 Å². The molecule has 5 rings (SSSR count). The van der Waals surface area contributed by atoms with Crippen LogP contribution in [-0.2, 0) is 10.0 Å². The number of carbonyl (C=O) groups excluding carboxylic acids is 1. The molecule has 1 fully saturated rings. The lowest BCUT2D eigenvalue weighted by Gasteiger charge is -2.38. The maximum Gasteiger partial charge on any atom is 0.274 e. The minimum Gasteiger partial charge on any atom is -0.368 e. The Morgan fingerprint density at radius 1 is 1.13 bits per heavy atom. The summed E-state index contributed by atoms with van der Waals surface area (Å²) in [4.78, 5) is 19.5. The molecule has 2 aliphatic heterocycles. The summed E-state index contributed by atoms with van der Waals surface area (Å²) >= 11 is 0. The van der Waals surface area contributed by atoms with E-state index in [0.29, 0.717) is 43.0 Å². The number of carbonyl (C=O) groups is 1. The Labute approximate surface area is 180 Å². The number of para-hydroxylation sites is 1. The summed E-state index contributed by atoms with van der Waals surface area (Å²) in [6.07, 6.45) is 0.998. The van der Waals surface area contributed by atoms with Crippen LogP contribution in [0.4, 0.5) is 5.69 Å². The summed E-state index contributed by atoms with van der Waals surface area (Å²) in [5.74, 6) is -0.0386. The predicted molar refractivity (Wildman–Crippen MR) is 115 cm³/mol. The summed E-state index contributed by atoms with van der Waals surface area (Å²) in [5, 5.41) is 7.75. The van der Waals surface area contributed by atoms with E-state index in [-0.39, 0.29) is 22.9 Å². The van der Waals surface area contributed by atoms with Gasteiger partial charge >= 0.3 is 0 Å². The smallest absolute Gasteiger partial charge is 0.274 e. The lowest BCUT2D eigenvalue weighted by atomic mass is 9.93. The molecule has 3 aromatic rings. The van der Waals surface area contributed by atoms with E-state index in [1.807, 2.05) is 26.0 Å². The molecule has 0 aliphatic carbocycles. The van der Waals surface area contributed by atoms with Crippen LogP contribution in [0.1, 0.15) is 34.7 Å². The molecular formula is C21H24N6O3S. The molecule has 31 heavy (non-hydrogen) atoms. The maximum atomic E-state index is 13.0. The number of amides is 1. The summed E-state index contributed by atoms with van der Waals surface area (Å²) in [7, 11) is -3.55. The van der Waals surface area contributed by atoms with Crippen LogP contribution < -0.4 is 10.0 Å². The Bertz CT molecular complexity index is 1280. The number of sulfonamides is 1. The van der Waals surface area contributed by atoms with Gasteiger partial charge in [0.15, 0.2) is 11.3 Å². The Kier molecular flexibility index (Phi) is 4.71. The molecule has 162 valence electrons. The lowest BCUT2D eigenvalue weighted by Crippen LogP contribution is -2.52. The third-order valence-electron chi connectivity index (χ3n) is 6.02. The van der Waals surface area contributed by atoms with E-state index >= 15 is 0 Å². The van der Waals surface area contributed by atoms with Crippen LogP contribution >= 0.6 is 0 Å². The molecule has 10 heteroatoms. The van der Waals surface area contributed by atoms with Gasteiger partial charge in [-0.05, 0) is 50.8 Å². The van der Waals surface area contributed by atoms with Crippen molar-refractivity contribution in [1.29, 1.82) is 0 Å². The largest absolute Gasteiger partial charge is 0.368 e. The summed E-state index contributed by atoms with van der Waals surface area (Å²) in [6, 6.07) is 10.5. The SMILES string of the molecule is Cc1cc(C)n2nc(C(=O)N3CCC(C4Nc5ccccc5S(=O)(=O)N4)CC3)cc2n1. The Morgan fingerprint density at radius 3 is 2.65 bits per heavy atom. The normalized spacial score (nSPS) is 21.0. The van der Waals surface area contributed by atoms with Gasteiger partial charge in [-0.25, -0.2) is 17.9 Å². The van der Waals surface area contributed by atoms with Crippen LogP contribution in [0.5, 0.6) is 0 Å². The van der Waals surface area contributed by atoms with Gasteiger partial charge in [-0.15, -0.1) is 0 Å². The average Bonchev–Trinajstić information content (AvgIpc) is 3.17. The first kappa shape index (κ1) is 20.0. The molecule has 9 nitrogen and oxygen atoms in total. The van der Waals surface area contributed by atoms with Gasteiger partial charge < -0.3 is 10.2 Å². The second-order valence-corrected chi connectivity index (χ2v) is 9.89. The zero-order valence-corrected chi connectivity index (χ0v) is 18.2.